The molecule has 28 heavy (non-hydrogen) atoms. The highest BCUT2D eigenvalue weighted by atomic mass is 15.1. The molecule has 142 valence electrons. The minimum absolute atomic E-state index is 0.0812. The Hall–Kier alpha value is -2.87. The Kier molecular flexibility index (Phi) is 4.38. The van der Waals surface area contributed by atoms with Crippen LogP contribution in [-0.2, 0) is 5.41 Å². The van der Waals surface area contributed by atoms with Gasteiger partial charge in [-0.25, -0.2) is 0 Å². The highest BCUT2D eigenvalue weighted by molar-refractivity contribution is 6.15. The van der Waals surface area contributed by atoms with Gasteiger partial charge in [0.1, 0.15) is 5.84 Å². The number of hydrogen-bond acceptors (Lipinski definition) is 1. The number of aryl methyl sites for hydroxylation is 2. The van der Waals surface area contributed by atoms with Crippen molar-refractivity contribution in [2.45, 2.75) is 40.0 Å². The molecule has 1 aromatic heterocycles. The van der Waals surface area contributed by atoms with Crippen LogP contribution in [0.2, 0.25) is 0 Å². The Bertz CT molecular complexity index is 1220. The fraction of sp³-hybridized carbons (Fsp3) is 0.269. The van der Waals surface area contributed by atoms with Crippen LogP contribution in [0.1, 0.15) is 43.0 Å². The summed E-state index contributed by atoms with van der Waals surface area (Å²) in [4.78, 5) is 4.52. The van der Waals surface area contributed by atoms with Crippen LogP contribution in [0.15, 0.2) is 65.7 Å². The lowest BCUT2D eigenvalue weighted by Gasteiger charge is -2.30. The minimum Gasteiger partial charge on any atom is -0.298 e. The molecule has 4 aromatic rings. The summed E-state index contributed by atoms with van der Waals surface area (Å²) in [5, 5.41) is 2.57. The second-order valence-corrected chi connectivity index (χ2v) is 8.20. The van der Waals surface area contributed by atoms with Gasteiger partial charge < -0.3 is 0 Å². The Morgan fingerprint density at radius 1 is 0.821 bits per heavy atom. The zero-order valence-corrected chi connectivity index (χ0v) is 17.7. The normalized spacial score (nSPS) is 12.9. The van der Waals surface area contributed by atoms with Crippen molar-refractivity contribution in [3.63, 3.8) is 0 Å². The largest absolute Gasteiger partial charge is 0.298 e. The lowest BCUT2D eigenvalue weighted by molar-refractivity contribution is 0.632. The first-order chi connectivity index (χ1) is 13.4. The second-order valence-electron chi connectivity index (χ2n) is 8.20. The maximum absolute atomic E-state index is 4.52. The monoisotopic (exact) mass is 368 g/mol. The van der Waals surface area contributed by atoms with E-state index >= 15 is 0 Å². The average molecular weight is 369 g/mol. The number of aliphatic imine (C=N–C) groups is 1. The number of fused-ring (bicyclic) bond motifs is 3. The standard InChI is InChI=1S/C26H28N2/c1-17-11-7-9-13-22(17)26(4,5)23-16-15-21-20-12-8-10-14-24(20)28(19(3)27-6)25(21)18(23)2/h7-16H,1-6H3/b27-19+. The van der Waals surface area contributed by atoms with Crippen LogP contribution in [-0.4, -0.2) is 17.5 Å². The van der Waals surface area contributed by atoms with Crippen LogP contribution >= 0.6 is 0 Å². The van der Waals surface area contributed by atoms with E-state index in [1.54, 1.807) is 0 Å². The maximum atomic E-state index is 4.52. The molecule has 0 unspecified atom stereocenters. The van der Waals surface area contributed by atoms with Gasteiger partial charge in [-0.1, -0.05) is 68.4 Å². The summed E-state index contributed by atoms with van der Waals surface area (Å²) in [7, 11) is 1.87. The van der Waals surface area contributed by atoms with Crippen LogP contribution in [0.25, 0.3) is 21.8 Å². The number of para-hydroxylation sites is 1. The zero-order chi connectivity index (χ0) is 20.1. The predicted octanol–water partition coefficient (Wildman–Crippen LogP) is 6.63. The van der Waals surface area contributed by atoms with Gasteiger partial charge in [0.05, 0.1) is 11.0 Å². The molecule has 0 amide bonds. The molecule has 4 rings (SSSR count). The Balaban J connectivity index is 2.10. The SMILES string of the molecule is C/N=C(\C)n1c2ccccc2c2ccc(C(C)(C)c3ccccc3C)c(C)c21. The van der Waals surface area contributed by atoms with Crippen molar-refractivity contribution in [1.29, 1.82) is 0 Å². The van der Waals surface area contributed by atoms with Crippen molar-refractivity contribution in [3.8, 4) is 0 Å². The van der Waals surface area contributed by atoms with Crippen molar-refractivity contribution in [2.24, 2.45) is 4.99 Å². The molecule has 0 aliphatic carbocycles. The molecule has 0 saturated heterocycles. The molecule has 0 aliphatic rings. The molecule has 2 nitrogen and oxygen atoms in total. The quantitative estimate of drug-likeness (QED) is 0.279. The molecule has 3 aromatic carbocycles. The van der Waals surface area contributed by atoms with Crippen LogP contribution in [0.4, 0.5) is 0 Å². The van der Waals surface area contributed by atoms with Crippen LogP contribution < -0.4 is 0 Å². The van der Waals surface area contributed by atoms with Crippen molar-refractivity contribution in [3.05, 3.63) is 82.9 Å². The molecule has 0 saturated carbocycles. The third-order valence-electron chi connectivity index (χ3n) is 6.23. The summed E-state index contributed by atoms with van der Waals surface area (Å²) in [6.45, 7) is 11.2. The van der Waals surface area contributed by atoms with E-state index in [2.05, 4.69) is 105 Å². The number of hydrogen-bond donors (Lipinski definition) is 0. The number of rotatable bonds is 2. The van der Waals surface area contributed by atoms with Crippen molar-refractivity contribution in [2.75, 3.05) is 7.05 Å². The topological polar surface area (TPSA) is 17.3 Å². The summed E-state index contributed by atoms with van der Waals surface area (Å²) in [5.41, 5.74) is 7.80. The van der Waals surface area contributed by atoms with Crippen molar-refractivity contribution >= 4 is 27.6 Å². The molecule has 0 fully saturated rings. The molecule has 0 atom stereocenters. The summed E-state index contributed by atoms with van der Waals surface area (Å²) in [5.74, 6) is 1.01. The Labute approximate surface area is 167 Å². The van der Waals surface area contributed by atoms with Crippen molar-refractivity contribution in [1.82, 2.24) is 4.57 Å². The van der Waals surface area contributed by atoms with E-state index in [-0.39, 0.29) is 5.41 Å². The van der Waals surface area contributed by atoms with E-state index < -0.39 is 0 Å². The van der Waals surface area contributed by atoms with E-state index in [0.29, 0.717) is 0 Å². The van der Waals surface area contributed by atoms with Crippen LogP contribution in [0.3, 0.4) is 0 Å². The number of aromatic nitrogens is 1. The number of nitrogens with zero attached hydrogens (tertiary/aromatic N) is 2. The molecule has 1 heterocycles. The lowest BCUT2D eigenvalue weighted by Crippen LogP contribution is -2.22. The first-order valence-corrected chi connectivity index (χ1v) is 9.91. The summed E-state index contributed by atoms with van der Waals surface area (Å²) >= 11 is 0. The molecule has 2 heteroatoms. The van der Waals surface area contributed by atoms with E-state index in [1.807, 2.05) is 7.05 Å². The van der Waals surface area contributed by atoms with E-state index in [9.17, 15) is 0 Å². The van der Waals surface area contributed by atoms with E-state index in [0.717, 1.165) is 5.84 Å². The van der Waals surface area contributed by atoms with Gasteiger partial charge in [0.25, 0.3) is 0 Å². The first-order valence-electron chi connectivity index (χ1n) is 9.91. The van der Waals surface area contributed by atoms with Gasteiger partial charge in [0, 0.05) is 23.2 Å². The zero-order valence-electron chi connectivity index (χ0n) is 17.7. The van der Waals surface area contributed by atoms with Crippen LogP contribution in [0, 0.1) is 13.8 Å². The Morgan fingerprint density at radius 2 is 1.50 bits per heavy atom. The number of benzene rings is 3. The molecule has 0 spiro atoms. The predicted molar refractivity (Wildman–Crippen MR) is 122 cm³/mol. The van der Waals surface area contributed by atoms with Gasteiger partial charge in [-0.3, -0.25) is 9.56 Å². The van der Waals surface area contributed by atoms with Gasteiger partial charge in [0.2, 0.25) is 0 Å². The Morgan fingerprint density at radius 3 is 2.21 bits per heavy atom. The highest BCUT2D eigenvalue weighted by Crippen LogP contribution is 2.40. The minimum atomic E-state index is -0.0812. The molecule has 0 radical (unpaired) electrons. The summed E-state index contributed by atoms with van der Waals surface area (Å²) in [6, 6.07) is 22.0. The summed E-state index contributed by atoms with van der Waals surface area (Å²) in [6.07, 6.45) is 0. The van der Waals surface area contributed by atoms with Gasteiger partial charge in [-0.05, 0) is 49.1 Å². The van der Waals surface area contributed by atoms with E-state index in [1.165, 1.54) is 44.1 Å². The smallest absolute Gasteiger partial charge is 0.104 e. The average Bonchev–Trinajstić information content (AvgIpc) is 3.03. The first kappa shape index (κ1) is 18.5. The molecular formula is C26H28N2. The van der Waals surface area contributed by atoms with Gasteiger partial charge in [-0.2, -0.15) is 0 Å². The third-order valence-corrected chi connectivity index (χ3v) is 6.23. The fourth-order valence-electron chi connectivity index (χ4n) is 4.75. The highest BCUT2D eigenvalue weighted by Gasteiger charge is 2.28. The lowest BCUT2D eigenvalue weighted by atomic mass is 9.74. The van der Waals surface area contributed by atoms with Gasteiger partial charge >= 0.3 is 0 Å². The maximum Gasteiger partial charge on any atom is 0.104 e. The van der Waals surface area contributed by atoms with Crippen molar-refractivity contribution < 1.29 is 0 Å². The van der Waals surface area contributed by atoms with Gasteiger partial charge in [0.15, 0.2) is 0 Å². The van der Waals surface area contributed by atoms with Crippen LogP contribution in [0.5, 0.6) is 0 Å². The third kappa shape index (κ3) is 2.59. The fourth-order valence-corrected chi connectivity index (χ4v) is 4.75. The molecule has 0 aliphatic heterocycles. The van der Waals surface area contributed by atoms with Gasteiger partial charge in [-0.15, -0.1) is 0 Å². The molecule has 0 N–H and O–H groups in total. The molecule has 0 bridgehead atoms. The summed E-state index contributed by atoms with van der Waals surface area (Å²) < 4.78 is 2.32. The second kappa shape index (κ2) is 6.63. The van der Waals surface area contributed by atoms with E-state index in [4.69, 9.17) is 0 Å². The molecular weight excluding hydrogens is 340 g/mol.